The normalized spacial score (nSPS) is 14.7. The molecule has 0 saturated heterocycles. The SMILES string of the molecule is CC(CC(O)c1ccccc1)NC(=O)CC(C)c1ccc(F)cc1. The molecule has 2 N–H and O–H groups in total. The van der Waals surface area contributed by atoms with Crippen molar-refractivity contribution < 1.29 is 14.3 Å². The van der Waals surface area contributed by atoms with Gasteiger partial charge in [0.15, 0.2) is 0 Å². The molecule has 0 aliphatic heterocycles. The molecule has 3 nitrogen and oxygen atoms in total. The Kier molecular flexibility index (Phi) is 6.50. The van der Waals surface area contributed by atoms with E-state index in [-0.39, 0.29) is 23.7 Å². The van der Waals surface area contributed by atoms with E-state index in [0.29, 0.717) is 12.8 Å². The Labute approximate surface area is 142 Å². The van der Waals surface area contributed by atoms with Crippen molar-refractivity contribution >= 4 is 5.91 Å². The molecule has 0 aliphatic carbocycles. The van der Waals surface area contributed by atoms with Gasteiger partial charge in [0.25, 0.3) is 0 Å². The third kappa shape index (κ3) is 5.46. The Hall–Kier alpha value is -2.20. The molecule has 3 atom stereocenters. The molecule has 2 rings (SSSR count). The van der Waals surface area contributed by atoms with Crippen LogP contribution in [0.4, 0.5) is 4.39 Å². The van der Waals surface area contributed by atoms with Crippen molar-refractivity contribution in [1.29, 1.82) is 0 Å². The van der Waals surface area contributed by atoms with E-state index in [2.05, 4.69) is 5.32 Å². The van der Waals surface area contributed by atoms with Gasteiger partial charge in [-0.25, -0.2) is 4.39 Å². The largest absolute Gasteiger partial charge is 0.388 e. The summed E-state index contributed by atoms with van der Waals surface area (Å²) in [4.78, 5) is 12.2. The average molecular weight is 329 g/mol. The number of benzene rings is 2. The summed E-state index contributed by atoms with van der Waals surface area (Å²) >= 11 is 0. The fourth-order valence-corrected chi connectivity index (χ4v) is 2.73. The standard InChI is InChI=1S/C20H24FNO2/c1-14(16-8-10-18(21)11-9-16)12-20(24)22-15(2)13-19(23)17-6-4-3-5-7-17/h3-11,14-15,19,23H,12-13H2,1-2H3,(H,22,24). The molecule has 2 aromatic rings. The molecular formula is C20H24FNO2. The number of nitrogens with one attached hydrogen (secondary N) is 1. The minimum absolute atomic E-state index is 0.0110. The molecule has 0 aromatic heterocycles. The van der Waals surface area contributed by atoms with Crippen LogP contribution in [-0.4, -0.2) is 17.1 Å². The number of carbonyl (C=O) groups is 1. The second-order valence-corrected chi connectivity index (χ2v) is 6.29. The number of hydrogen-bond donors (Lipinski definition) is 2. The first-order chi connectivity index (χ1) is 11.5. The van der Waals surface area contributed by atoms with Crippen LogP contribution in [0.1, 0.15) is 49.8 Å². The number of aliphatic hydroxyl groups is 1. The molecule has 0 fully saturated rings. The second-order valence-electron chi connectivity index (χ2n) is 6.29. The first-order valence-electron chi connectivity index (χ1n) is 8.23. The number of hydrogen-bond acceptors (Lipinski definition) is 2. The third-order valence-corrected chi connectivity index (χ3v) is 4.10. The topological polar surface area (TPSA) is 49.3 Å². The summed E-state index contributed by atoms with van der Waals surface area (Å²) in [5.74, 6) is -0.338. The summed E-state index contributed by atoms with van der Waals surface area (Å²) in [5.41, 5.74) is 1.78. The van der Waals surface area contributed by atoms with Gasteiger partial charge in [0.2, 0.25) is 5.91 Å². The minimum atomic E-state index is -0.601. The van der Waals surface area contributed by atoms with Crippen LogP contribution in [0.3, 0.4) is 0 Å². The van der Waals surface area contributed by atoms with Gasteiger partial charge in [-0.3, -0.25) is 4.79 Å². The first kappa shape index (κ1) is 18.1. The minimum Gasteiger partial charge on any atom is -0.388 e. The van der Waals surface area contributed by atoms with Crippen molar-refractivity contribution in [2.24, 2.45) is 0 Å². The summed E-state index contributed by atoms with van der Waals surface area (Å²) in [6, 6.07) is 15.5. The maximum atomic E-state index is 12.9. The molecule has 4 heteroatoms. The summed E-state index contributed by atoms with van der Waals surface area (Å²) < 4.78 is 12.9. The molecule has 128 valence electrons. The fraction of sp³-hybridized carbons (Fsp3) is 0.350. The van der Waals surface area contributed by atoms with Gasteiger partial charge in [0, 0.05) is 12.5 Å². The van der Waals surface area contributed by atoms with Crippen molar-refractivity contribution in [1.82, 2.24) is 5.32 Å². The lowest BCUT2D eigenvalue weighted by molar-refractivity contribution is -0.122. The molecule has 0 radical (unpaired) electrons. The summed E-state index contributed by atoms with van der Waals surface area (Å²) in [6.45, 7) is 3.82. The van der Waals surface area contributed by atoms with Crippen molar-refractivity contribution in [3.8, 4) is 0 Å². The van der Waals surface area contributed by atoms with Gasteiger partial charge < -0.3 is 10.4 Å². The molecule has 1 amide bonds. The van der Waals surface area contributed by atoms with E-state index in [4.69, 9.17) is 0 Å². The van der Waals surface area contributed by atoms with E-state index in [9.17, 15) is 14.3 Å². The average Bonchev–Trinajstić information content (AvgIpc) is 2.55. The fourth-order valence-electron chi connectivity index (χ4n) is 2.73. The Morgan fingerprint density at radius 1 is 1.04 bits per heavy atom. The van der Waals surface area contributed by atoms with Crippen LogP contribution in [0, 0.1) is 5.82 Å². The van der Waals surface area contributed by atoms with Crippen LogP contribution < -0.4 is 5.32 Å². The molecule has 0 saturated carbocycles. The van der Waals surface area contributed by atoms with E-state index >= 15 is 0 Å². The van der Waals surface area contributed by atoms with Crippen LogP contribution in [0.5, 0.6) is 0 Å². The van der Waals surface area contributed by atoms with Crippen molar-refractivity contribution in [3.63, 3.8) is 0 Å². The molecule has 3 unspecified atom stereocenters. The van der Waals surface area contributed by atoms with Crippen molar-refractivity contribution in [3.05, 3.63) is 71.5 Å². The van der Waals surface area contributed by atoms with Gasteiger partial charge in [0.05, 0.1) is 6.10 Å². The van der Waals surface area contributed by atoms with Gasteiger partial charge in [-0.1, -0.05) is 49.4 Å². The van der Waals surface area contributed by atoms with Crippen LogP contribution >= 0.6 is 0 Å². The van der Waals surface area contributed by atoms with Crippen molar-refractivity contribution in [2.45, 2.75) is 44.8 Å². The highest BCUT2D eigenvalue weighted by Gasteiger charge is 2.16. The maximum absolute atomic E-state index is 12.9. The zero-order valence-electron chi connectivity index (χ0n) is 14.1. The van der Waals surface area contributed by atoms with Gasteiger partial charge in [-0.05, 0) is 42.5 Å². The number of carbonyl (C=O) groups excluding carboxylic acids is 1. The van der Waals surface area contributed by atoms with Gasteiger partial charge >= 0.3 is 0 Å². The number of rotatable bonds is 7. The predicted molar refractivity (Wildman–Crippen MR) is 93.1 cm³/mol. The Bertz CT molecular complexity index is 642. The third-order valence-electron chi connectivity index (χ3n) is 4.10. The molecule has 0 aliphatic rings. The molecule has 0 bridgehead atoms. The lowest BCUT2D eigenvalue weighted by Gasteiger charge is -2.19. The molecular weight excluding hydrogens is 305 g/mol. The maximum Gasteiger partial charge on any atom is 0.220 e. The summed E-state index contributed by atoms with van der Waals surface area (Å²) in [5, 5.41) is 13.1. The van der Waals surface area contributed by atoms with E-state index in [1.807, 2.05) is 44.2 Å². The number of amides is 1. The smallest absolute Gasteiger partial charge is 0.220 e. The predicted octanol–water partition coefficient (Wildman–Crippen LogP) is 3.95. The van der Waals surface area contributed by atoms with E-state index in [0.717, 1.165) is 11.1 Å². The lowest BCUT2D eigenvalue weighted by atomic mass is 9.97. The van der Waals surface area contributed by atoms with E-state index in [1.165, 1.54) is 12.1 Å². The van der Waals surface area contributed by atoms with Gasteiger partial charge in [-0.2, -0.15) is 0 Å². The Morgan fingerprint density at radius 2 is 1.67 bits per heavy atom. The Morgan fingerprint density at radius 3 is 2.29 bits per heavy atom. The highest BCUT2D eigenvalue weighted by molar-refractivity contribution is 5.77. The molecule has 24 heavy (non-hydrogen) atoms. The summed E-state index contributed by atoms with van der Waals surface area (Å²) in [7, 11) is 0. The molecule has 0 heterocycles. The van der Waals surface area contributed by atoms with Crippen LogP contribution in [0.15, 0.2) is 54.6 Å². The van der Waals surface area contributed by atoms with Gasteiger partial charge in [-0.15, -0.1) is 0 Å². The van der Waals surface area contributed by atoms with E-state index < -0.39 is 6.10 Å². The van der Waals surface area contributed by atoms with Gasteiger partial charge in [0.1, 0.15) is 5.82 Å². The Balaban J connectivity index is 1.82. The summed E-state index contributed by atoms with van der Waals surface area (Å²) in [6.07, 6.45) is 0.189. The van der Waals surface area contributed by atoms with Crippen LogP contribution in [0.2, 0.25) is 0 Å². The number of aliphatic hydroxyl groups excluding tert-OH is 1. The van der Waals surface area contributed by atoms with Crippen LogP contribution in [0.25, 0.3) is 0 Å². The van der Waals surface area contributed by atoms with Crippen LogP contribution in [-0.2, 0) is 4.79 Å². The molecule has 0 spiro atoms. The zero-order chi connectivity index (χ0) is 17.5. The van der Waals surface area contributed by atoms with E-state index in [1.54, 1.807) is 12.1 Å². The highest BCUT2D eigenvalue weighted by atomic mass is 19.1. The number of halogens is 1. The van der Waals surface area contributed by atoms with Crippen molar-refractivity contribution in [2.75, 3.05) is 0 Å². The first-order valence-corrected chi connectivity index (χ1v) is 8.23. The zero-order valence-corrected chi connectivity index (χ0v) is 14.1. The second kappa shape index (κ2) is 8.60. The molecule has 2 aromatic carbocycles. The lowest BCUT2D eigenvalue weighted by Crippen LogP contribution is -2.34. The quantitative estimate of drug-likeness (QED) is 0.808. The highest BCUT2D eigenvalue weighted by Crippen LogP contribution is 2.20. The monoisotopic (exact) mass is 329 g/mol.